The smallest absolute Gasteiger partial charge is 0.448 e. The van der Waals surface area contributed by atoms with Crippen molar-refractivity contribution < 1.29 is 39.2 Å². The summed E-state index contributed by atoms with van der Waals surface area (Å²) in [5.74, 6) is 0.686. The van der Waals surface area contributed by atoms with Gasteiger partial charge in [-0.25, -0.2) is 29.5 Å². The molecule has 4 fully saturated rings. The molecule has 2 aromatic rings. The molecule has 0 aliphatic carbocycles. The fourth-order valence-electron chi connectivity index (χ4n) is 8.76. The third-order valence-electron chi connectivity index (χ3n) is 12.0. The number of esters is 2. The van der Waals surface area contributed by atoms with Crippen LogP contribution in [0.3, 0.4) is 0 Å². The minimum Gasteiger partial charge on any atom is -0.464 e. The number of hydrogen-bond donors (Lipinski definition) is 4. The van der Waals surface area contributed by atoms with Gasteiger partial charge in [-0.1, -0.05) is 13.8 Å². The zero-order valence-corrected chi connectivity index (χ0v) is 38.4. The molecule has 4 aliphatic rings. The molecule has 4 N–H and O–H groups in total. The van der Waals surface area contributed by atoms with E-state index in [4.69, 9.17) is 19.5 Å². The predicted octanol–water partition coefficient (Wildman–Crippen LogP) is 1.64. The third-order valence-corrected chi connectivity index (χ3v) is 12.5. The topological polar surface area (TPSA) is 205 Å². The van der Waals surface area contributed by atoms with Gasteiger partial charge in [0, 0.05) is 63.4 Å². The quantitative estimate of drug-likeness (QED) is 0.198. The maximum absolute atomic E-state index is 11.7. The lowest BCUT2D eigenvalue weighted by Gasteiger charge is -2.48. The molecule has 22 heteroatoms. The summed E-state index contributed by atoms with van der Waals surface area (Å²) in [6, 6.07) is 2.07. The summed E-state index contributed by atoms with van der Waals surface area (Å²) >= 11 is 3.47. The van der Waals surface area contributed by atoms with Crippen LogP contribution < -0.4 is 9.80 Å². The van der Waals surface area contributed by atoms with Crippen LogP contribution in [0.25, 0.3) is 0 Å². The van der Waals surface area contributed by atoms with Gasteiger partial charge in [-0.05, 0) is 108 Å². The van der Waals surface area contributed by atoms with Gasteiger partial charge in [0.25, 0.3) is 0 Å². The first-order valence-electron chi connectivity index (χ1n) is 21.4. The van der Waals surface area contributed by atoms with E-state index < -0.39 is 19.1 Å². The zero-order chi connectivity index (χ0) is 44.1. The van der Waals surface area contributed by atoms with Crippen LogP contribution in [0.5, 0.6) is 0 Å². The molecule has 0 unspecified atom stereocenters. The number of aryl methyl sites for hydroxylation is 1. The Morgan fingerprint density at radius 1 is 0.683 bits per heavy atom. The van der Waals surface area contributed by atoms with Gasteiger partial charge in [0.2, 0.25) is 0 Å². The molecular weight excluding hydrogens is 837 g/mol. The lowest BCUT2D eigenvalue weighted by Crippen LogP contribution is -2.59. The number of aromatic nitrogens is 4. The van der Waals surface area contributed by atoms with E-state index in [0.717, 1.165) is 121 Å². The fraction of sp³-hybridized carbons (Fsp3) is 0.737. The van der Waals surface area contributed by atoms with Crippen molar-refractivity contribution in [2.75, 3.05) is 89.5 Å². The Bertz CT molecular complexity index is 1540. The van der Waals surface area contributed by atoms with E-state index >= 15 is 0 Å². The van der Waals surface area contributed by atoms with Gasteiger partial charge in [-0.3, -0.25) is 9.80 Å². The average Bonchev–Trinajstić information content (AvgIpc) is 3.25. The highest BCUT2D eigenvalue weighted by Crippen LogP contribution is 2.30. The van der Waals surface area contributed by atoms with Crippen LogP contribution in [0, 0.1) is 6.92 Å². The van der Waals surface area contributed by atoms with Crippen LogP contribution in [0.2, 0.25) is 20.5 Å². The van der Waals surface area contributed by atoms with Crippen LogP contribution in [-0.2, 0) is 9.47 Å². The van der Waals surface area contributed by atoms with Crippen molar-refractivity contribution in [3.63, 3.8) is 0 Å². The Kier molecular flexibility index (Phi) is 19.9. The number of anilines is 2. The average molecular weight is 903 g/mol. The van der Waals surface area contributed by atoms with Gasteiger partial charge in [0.1, 0.15) is 10.4 Å². The first kappa shape index (κ1) is 49.7. The van der Waals surface area contributed by atoms with E-state index in [1.165, 1.54) is 33.4 Å². The summed E-state index contributed by atoms with van der Waals surface area (Å²) in [5, 5.41) is 34.8. The molecule has 2 aromatic heterocycles. The lowest BCUT2D eigenvalue weighted by atomic mass is 9.82. The highest BCUT2D eigenvalue weighted by atomic mass is 79.9. The van der Waals surface area contributed by atoms with Crippen LogP contribution in [0.1, 0.15) is 79.0 Å². The number of piperazine rings is 2. The van der Waals surface area contributed by atoms with Gasteiger partial charge in [-0.15, -0.1) is 0 Å². The molecule has 2 atom stereocenters. The molecule has 18 nitrogen and oxygen atoms in total. The van der Waals surface area contributed by atoms with Crippen LogP contribution in [0.15, 0.2) is 17.0 Å². The van der Waals surface area contributed by atoms with Crippen molar-refractivity contribution in [3.8, 4) is 0 Å². The van der Waals surface area contributed by atoms with Gasteiger partial charge in [0.15, 0.2) is 17.2 Å². The number of hydrogen-bond acceptors (Lipinski definition) is 18. The standard InChI is InChI=1S/C19H32BN5O3.C18H29BBrN5O3.CH5BO2/c1-5-15-13-23(18-14(2)22-17(12-21-18)19(26)28-4)10-11-25(15)16-6-8-24(9-7-16)20(3)27;1-4-13-12-23(17-16(20)22-15(11-21-17)18(26)28-3)9-10-25(13)14-5-7-24(8-6-14)19(2)27;1-2(3)4/h12,15-16,27H,5-11,13H2,1-4H3;11,13-14,27H,4-10,12H2,1-3H3;3-4H,1H3/t15-;13-;/m00./s1. The second-order valence-electron chi connectivity index (χ2n) is 15.9. The normalized spacial score (nSPS) is 21.3. The second-order valence-corrected chi connectivity index (χ2v) is 16.7. The Hall–Kier alpha value is -2.95. The van der Waals surface area contributed by atoms with E-state index in [0.29, 0.717) is 28.8 Å². The molecular formula is C38H66B3BrN10O8. The Labute approximate surface area is 365 Å². The molecule has 4 aliphatic heterocycles. The monoisotopic (exact) mass is 902 g/mol. The molecule has 0 aromatic carbocycles. The van der Waals surface area contributed by atoms with E-state index in [-0.39, 0.29) is 25.5 Å². The minimum atomic E-state index is -1.17. The van der Waals surface area contributed by atoms with Crippen molar-refractivity contribution in [1.29, 1.82) is 0 Å². The number of ether oxygens (including phenoxy) is 2. The lowest BCUT2D eigenvalue weighted by molar-refractivity contribution is 0.0584. The highest BCUT2D eigenvalue weighted by molar-refractivity contribution is 9.10. The summed E-state index contributed by atoms with van der Waals surface area (Å²) in [6.45, 7) is 20.7. The molecule has 332 valence electrons. The van der Waals surface area contributed by atoms with E-state index in [2.05, 4.69) is 78.9 Å². The van der Waals surface area contributed by atoms with E-state index in [1.807, 2.05) is 20.6 Å². The van der Waals surface area contributed by atoms with Crippen molar-refractivity contribution in [3.05, 3.63) is 34.1 Å². The van der Waals surface area contributed by atoms with Gasteiger partial charge >= 0.3 is 33.2 Å². The van der Waals surface area contributed by atoms with Gasteiger partial charge in [-0.2, -0.15) is 0 Å². The minimum absolute atomic E-state index is 0.202. The third kappa shape index (κ3) is 13.5. The maximum atomic E-state index is 11.7. The van der Waals surface area contributed by atoms with Crippen molar-refractivity contribution in [2.45, 2.75) is 104 Å². The molecule has 6 rings (SSSR count). The Morgan fingerprint density at radius 3 is 1.42 bits per heavy atom. The van der Waals surface area contributed by atoms with E-state index in [1.54, 1.807) is 0 Å². The number of piperidine rings is 2. The summed E-state index contributed by atoms with van der Waals surface area (Å²) < 4.78 is 10.0. The zero-order valence-electron chi connectivity index (χ0n) is 36.8. The first-order chi connectivity index (χ1) is 28.6. The van der Waals surface area contributed by atoms with E-state index in [9.17, 15) is 19.6 Å². The molecule has 0 amide bonds. The number of carbonyl (C=O) groups is 2. The van der Waals surface area contributed by atoms with Crippen molar-refractivity contribution in [2.24, 2.45) is 0 Å². The largest absolute Gasteiger partial charge is 0.464 e. The molecule has 6 heterocycles. The number of carbonyl (C=O) groups excluding carboxylic acids is 2. The molecule has 0 bridgehead atoms. The maximum Gasteiger partial charge on any atom is 0.448 e. The molecule has 60 heavy (non-hydrogen) atoms. The summed E-state index contributed by atoms with van der Waals surface area (Å²) in [4.78, 5) is 55.1. The molecule has 4 saturated heterocycles. The van der Waals surface area contributed by atoms with Gasteiger partial charge < -0.3 is 49.0 Å². The number of nitrogens with zero attached hydrogens (tertiary/aromatic N) is 10. The Morgan fingerprint density at radius 2 is 1.07 bits per heavy atom. The van der Waals surface area contributed by atoms with Crippen molar-refractivity contribution >= 4 is 60.7 Å². The molecule has 0 saturated carbocycles. The van der Waals surface area contributed by atoms with Crippen LogP contribution in [0.4, 0.5) is 11.6 Å². The van der Waals surface area contributed by atoms with Crippen LogP contribution in [-0.4, -0.2) is 196 Å². The number of rotatable bonds is 10. The summed E-state index contributed by atoms with van der Waals surface area (Å²) in [7, 11) is 0.810. The summed E-state index contributed by atoms with van der Waals surface area (Å²) in [6.07, 6.45) is 9.54. The van der Waals surface area contributed by atoms with Gasteiger partial charge in [0.05, 0.1) is 32.3 Å². The fourth-order valence-corrected chi connectivity index (χ4v) is 9.30. The molecule has 0 spiro atoms. The highest BCUT2D eigenvalue weighted by Gasteiger charge is 2.37. The van der Waals surface area contributed by atoms with Crippen LogP contribution >= 0.6 is 15.9 Å². The number of methoxy groups -OCH3 is 2. The second kappa shape index (κ2) is 24.0. The SMILES string of the molecule is CB(O)O.CC[C@H]1CN(c2ncc(C(=O)OC)nc2Br)CCN1C1CCN(B(C)O)CC1.CC[C@H]1CN(c2ncc(C(=O)OC)nc2C)CCN1C1CCN(B(C)O)CC1. The van der Waals surface area contributed by atoms with Crippen molar-refractivity contribution in [1.82, 2.24) is 39.4 Å². The summed E-state index contributed by atoms with van der Waals surface area (Å²) in [5.41, 5.74) is 1.21. The Balaban J connectivity index is 0.000000243. The number of halogens is 1. The molecule has 0 radical (unpaired) electrons. The predicted molar refractivity (Wildman–Crippen MR) is 238 cm³/mol. The first-order valence-corrected chi connectivity index (χ1v) is 22.2.